The Bertz CT molecular complexity index is 1740. The number of sulfonamides is 1. The van der Waals surface area contributed by atoms with Gasteiger partial charge in [-0.15, -0.1) is 0 Å². The lowest BCUT2D eigenvalue weighted by atomic mass is 10.2. The third-order valence-corrected chi connectivity index (χ3v) is 8.48. The molecule has 0 aliphatic carbocycles. The molecule has 14 heteroatoms. The highest BCUT2D eigenvalue weighted by atomic mass is 32.2. The van der Waals surface area contributed by atoms with Gasteiger partial charge < -0.3 is 19.8 Å². The molecule has 2 aliphatic rings. The van der Waals surface area contributed by atoms with Crippen LogP contribution in [0.15, 0.2) is 71.9 Å². The number of H-pyrrole nitrogens is 1. The van der Waals surface area contributed by atoms with Crippen LogP contribution in [0, 0.1) is 10.1 Å². The number of nitro groups is 1. The molecule has 1 amide bonds. The number of para-hydroxylation sites is 1. The lowest BCUT2D eigenvalue weighted by Gasteiger charge is -2.34. The number of benzene rings is 2. The van der Waals surface area contributed by atoms with Crippen LogP contribution in [0.25, 0.3) is 11.0 Å². The largest absolute Gasteiger partial charge is 0.455 e. The molecule has 4 aromatic rings. The minimum atomic E-state index is -4.46. The predicted molar refractivity (Wildman–Crippen MR) is 149 cm³/mol. The van der Waals surface area contributed by atoms with Crippen LogP contribution in [-0.2, 0) is 14.8 Å². The summed E-state index contributed by atoms with van der Waals surface area (Å²) in [7, 11) is -4.46. The molecule has 0 saturated carbocycles. The van der Waals surface area contributed by atoms with E-state index in [1.807, 2.05) is 10.8 Å². The van der Waals surface area contributed by atoms with Gasteiger partial charge in [0, 0.05) is 36.8 Å². The van der Waals surface area contributed by atoms with Crippen LogP contribution >= 0.6 is 0 Å². The summed E-state index contributed by atoms with van der Waals surface area (Å²) in [5.74, 6) is -0.487. The number of nitrogens with one attached hydrogen (secondary N) is 3. The molecule has 0 bridgehead atoms. The molecule has 6 rings (SSSR count). The highest BCUT2D eigenvalue weighted by Gasteiger charge is 2.33. The maximum absolute atomic E-state index is 13.1. The number of hydrogen-bond donors (Lipinski definition) is 3. The first-order valence-electron chi connectivity index (χ1n) is 12.9. The van der Waals surface area contributed by atoms with E-state index in [-0.39, 0.29) is 23.0 Å². The van der Waals surface area contributed by atoms with Crippen molar-refractivity contribution in [3.05, 3.63) is 82.7 Å². The van der Waals surface area contributed by atoms with E-state index in [2.05, 4.69) is 20.2 Å². The number of anilines is 1. The summed E-state index contributed by atoms with van der Waals surface area (Å²) in [6.45, 7) is 2.92. The Labute approximate surface area is 234 Å². The summed E-state index contributed by atoms with van der Waals surface area (Å²) in [5.41, 5.74) is 0.435. The maximum Gasteiger partial charge on any atom is 0.293 e. The van der Waals surface area contributed by atoms with E-state index >= 15 is 0 Å². The standard InChI is InChI=1S/C27H26N6O7S/c34-27(22-3-1-2-4-25(22)40-20-11-17-7-9-28-26(17)29-13-20)31-41(37,38)21-5-6-23(24(12-21)33(35)36)30-18-8-10-32(14-18)19-15-39-16-19/h1-7,9,11-13,18-19,30H,8,10,14-16H2,(H,28,29)(H,31,34)/t18-/m0/s1. The van der Waals surface area contributed by atoms with Gasteiger partial charge in [0.1, 0.15) is 22.8 Å². The minimum Gasteiger partial charge on any atom is -0.455 e. The van der Waals surface area contributed by atoms with Crippen LogP contribution in [0.5, 0.6) is 11.5 Å². The summed E-state index contributed by atoms with van der Waals surface area (Å²) in [6, 6.07) is 13.6. The second-order valence-corrected chi connectivity index (χ2v) is 11.6. The molecule has 4 heterocycles. The number of pyridine rings is 1. The van der Waals surface area contributed by atoms with Crippen molar-refractivity contribution in [2.45, 2.75) is 23.4 Å². The molecule has 2 fully saturated rings. The number of nitro benzene ring substituents is 1. The fourth-order valence-electron chi connectivity index (χ4n) is 4.92. The molecule has 2 saturated heterocycles. The fraction of sp³-hybridized carbons (Fsp3) is 0.259. The number of carbonyl (C=O) groups excluding carboxylic acids is 1. The highest BCUT2D eigenvalue weighted by Crippen LogP contribution is 2.31. The molecule has 2 aromatic heterocycles. The Balaban J connectivity index is 1.18. The summed E-state index contributed by atoms with van der Waals surface area (Å²) in [6.07, 6.45) is 4.00. The molecular formula is C27H26N6O7S. The second kappa shape index (κ2) is 10.8. The first kappa shape index (κ1) is 26.7. The Hall–Kier alpha value is -4.53. The van der Waals surface area contributed by atoms with E-state index in [0.29, 0.717) is 37.2 Å². The van der Waals surface area contributed by atoms with Gasteiger partial charge >= 0.3 is 0 Å². The first-order chi connectivity index (χ1) is 19.8. The number of amides is 1. The van der Waals surface area contributed by atoms with Gasteiger partial charge in [0.25, 0.3) is 21.6 Å². The van der Waals surface area contributed by atoms with E-state index < -0.39 is 31.4 Å². The molecule has 2 aliphatic heterocycles. The van der Waals surface area contributed by atoms with Crippen molar-refractivity contribution in [3.8, 4) is 11.5 Å². The van der Waals surface area contributed by atoms with Crippen LogP contribution < -0.4 is 14.8 Å². The topological polar surface area (TPSA) is 169 Å². The van der Waals surface area contributed by atoms with E-state index in [1.165, 1.54) is 30.5 Å². The molecule has 41 heavy (non-hydrogen) atoms. The molecule has 2 aromatic carbocycles. The number of ether oxygens (including phenoxy) is 2. The third-order valence-electron chi connectivity index (χ3n) is 7.15. The number of likely N-dealkylation sites (tertiary alicyclic amines) is 1. The zero-order valence-electron chi connectivity index (χ0n) is 21.6. The zero-order valence-corrected chi connectivity index (χ0v) is 22.5. The number of rotatable bonds is 9. The fourth-order valence-corrected chi connectivity index (χ4v) is 5.91. The van der Waals surface area contributed by atoms with Gasteiger partial charge in [0.2, 0.25) is 0 Å². The Morgan fingerprint density at radius 3 is 2.78 bits per heavy atom. The van der Waals surface area contributed by atoms with Crippen molar-refractivity contribution in [1.29, 1.82) is 0 Å². The average Bonchev–Trinajstić information content (AvgIpc) is 3.57. The average molecular weight is 579 g/mol. The van der Waals surface area contributed by atoms with Crippen molar-refractivity contribution in [2.75, 3.05) is 31.6 Å². The zero-order chi connectivity index (χ0) is 28.6. The van der Waals surface area contributed by atoms with Gasteiger partial charge in [0.05, 0.1) is 40.8 Å². The normalized spacial score (nSPS) is 17.7. The van der Waals surface area contributed by atoms with Crippen LogP contribution in [0.2, 0.25) is 0 Å². The predicted octanol–water partition coefficient (Wildman–Crippen LogP) is 3.27. The third kappa shape index (κ3) is 5.57. The Morgan fingerprint density at radius 1 is 1.17 bits per heavy atom. The SMILES string of the molecule is O=C(NS(=O)(=O)c1ccc(N[C@H]2CCN(C3COC3)C2)c([N+](=O)[O-])c1)c1ccccc1Oc1cnc2[nH]ccc2c1. The Kier molecular flexibility index (Phi) is 7.03. The van der Waals surface area contributed by atoms with Crippen LogP contribution in [0.1, 0.15) is 16.8 Å². The lowest BCUT2D eigenvalue weighted by molar-refractivity contribution is -0.384. The summed E-state index contributed by atoms with van der Waals surface area (Å²) in [5, 5.41) is 15.8. The molecule has 0 spiro atoms. The molecule has 212 valence electrons. The van der Waals surface area contributed by atoms with Gasteiger partial charge in [-0.1, -0.05) is 12.1 Å². The van der Waals surface area contributed by atoms with Crippen molar-refractivity contribution >= 4 is 38.3 Å². The minimum absolute atomic E-state index is 0.0267. The van der Waals surface area contributed by atoms with Gasteiger partial charge in [0.15, 0.2) is 0 Å². The number of aromatic amines is 1. The summed E-state index contributed by atoms with van der Waals surface area (Å²) >= 11 is 0. The maximum atomic E-state index is 13.1. The van der Waals surface area contributed by atoms with Gasteiger partial charge in [-0.3, -0.25) is 19.8 Å². The Morgan fingerprint density at radius 2 is 2.00 bits per heavy atom. The van der Waals surface area contributed by atoms with Crippen molar-refractivity contribution in [2.24, 2.45) is 0 Å². The van der Waals surface area contributed by atoms with E-state index in [0.717, 1.165) is 24.4 Å². The van der Waals surface area contributed by atoms with E-state index in [4.69, 9.17) is 9.47 Å². The molecule has 13 nitrogen and oxygen atoms in total. The van der Waals surface area contributed by atoms with Crippen LogP contribution in [-0.4, -0.2) is 72.5 Å². The number of nitrogens with zero attached hydrogens (tertiary/aromatic N) is 3. The summed E-state index contributed by atoms with van der Waals surface area (Å²) in [4.78, 5) is 33.4. The number of carbonyl (C=O) groups is 1. The molecular weight excluding hydrogens is 552 g/mol. The molecule has 0 unspecified atom stereocenters. The van der Waals surface area contributed by atoms with E-state index in [1.54, 1.807) is 24.4 Å². The van der Waals surface area contributed by atoms with Crippen molar-refractivity contribution < 1.29 is 27.6 Å². The second-order valence-electron chi connectivity index (χ2n) is 9.87. The van der Waals surface area contributed by atoms with Gasteiger partial charge in [-0.05, 0) is 42.8 Å². The monoisotopic (exact) mass is 578 g/mol. The molecule has 3 N–H and O–H groups in total. The number of aromatic nitrogens is 2. The van der Waals surface area contributed by atoms with Crippen LogP contribution in [0.3, 0.4) is 0 Å². The van der Waals surface area contributed by atoms with Crippen molar-refractivity contribution in [1.82, 2.24) is 19.6 Å². The van der Waals surface area contributed by atoms with Crippen LogP contribution in [0.4, 0.5) is 11.4 Å². The summed E-state index contributed by atoms with van der Waals surface area (Å²) < 4.78 is 39.4. The molecule has 1 atom stereocenters. The van der Waals surface area contributed by atoms with E-state index in [9.17, 15) is 23.3 Å². The first-order valence-corrected chi connectivity index (χ1v) is 14.4. The van der Waals surface area contributed by atoms with Gasteiger partial charge in [-0.2, -0.15) is 0 Å². The quantitative estimate of drug-likeness (QED) is 0.198. The van der Waals surface area contributed by atoms with Gasteiger partial charge in [-0.25, -0.2) is 18.1 Å². The molecule has 0 radical (unpaired) electrons. The lowest BCUT2D eigenvalue weighted by Crippen LogP contribution is -2.48. The number of fused-ring (bicyclic) bond motifs is 1. The number of hydrogen-bond acceptors (Lipinski definition) is 10. The highest BCUT2D eigenvalue weighted by molar-refractivity contribution is 7.90. The smallest absolute Gasteiger partial charge is 0.293 e. The van der Waals surface area contributed by atoms with Crippen molar-refractivity contribution in [3.63, 3.8) is 0 Å².